The number of sulfonamides is 1. The fourth-order valence-corrected chi connectivity index (χ4v) is 5.46. The van der Waals surface area contributed by atoms with Crippen molar-refractivity contribution in [2.24, 2.45) is 11.1 Å². The summed E-state index contributed by atoms with van der Waals surface area (Å²) < 4.78 is 65.7. The fourth-order valence-electron chi connectivity index (χ4n) is 4.85. The maximum absolute atomic E-state index is 14.3. The van der Waals surface area contributed by atoms with Gasteiger partial charge in [0.25, 0.3) is 6.43 Å². The number of nitrogens with zero attached hydrogens (tertiary/aromatic N) is 2. The molecule has 3 aromatic rings. The first-order valence-corrected chi connectivity index (χ1v) is 12.2. The van der Waals surface area contributed by atoms with E-state index in [1.54, 1.807) is 6.20 Å². The van der Waals surface area contributed by atoms with E-state index < -0.39 is 45.0 Å². The topological polar surface area (TPSA) is 93.4 Å². The molecule has 0 unspecified atom stereocenters. The second-order valence-corrected chi connectivity index (χ2v) is 10.1. The monoisotopic (exact) mass is 487 g/mol. The number of primary sulfonamides is 1. The summed E-state index contributed by atoms with van der Waals surface area (Å²) in [5.74, 6) is -2.28. The molecule has 176 valence electrons. The second kappa shape index (κ2) is 8.21. The van der Waals surface area contributed by atoms with Crippen molar-refractivity contribution in [3.63, 3.8) is 0 Å². The van der Waals surface area contributed by atoms with E-state index >= 15 is 0 Å². The summed E-state index contributed by atoms with van der Waals surface area (Å²) in [6.45, 7) is 0. The van der Waals surface area contributed by atoms with E-state index in [9.17, 15) is 26.4 Å². The van der Waals surface area contributed by atoms with Crippen LogP contribution in [0.15, 0.2) is 59.6 Å². The normalized spacial score (nSPS) is 19.4. The molecule has 1 aliphatic heterocycles. The molecule has 2 aromatic carbocycles. The van der Waals surface area contributed by atoms with Crippen molar-refractivity contribution >= 4 is 21.6 Å². The Kier molecular flexibility index (Phi) is 5.44. The molecule has 1 amide bonds. The molecule has 0 saturated carbocycles. The van der Waals surface area contributed by atoms with Crippen LogP contribution in [0.25, 0.3) is 11.3 Å². The van der Waals surface area contributed by atoms with E-state index in [2.05, 4.69) is 4.98 Å². The van der Waals surface area contributed by atoms with Gasteiger partial charge in [0.05, 0.1) is 5.69 Å². The highest BCUT2D eigenvalue weighted by Crippen LogP contribution is 2.40. The number of fused-ring (bicyclic) bond motifs is 2. The zero-order valence-corrected chi connectivity index (χ0v) is 18.6. The summed E-state index contributed by atoms with van der Waals surface area (Å²) in [6, 6.07) is 11.6. The van der Waals surface area contributed by atoms with Crippen LogP contribution in [0, 0.1) is 11.7 Å². The number of amides is 1. The molecule has 2 atom stereocenters. The molecule has 0 bridgehead atoms. The Labute approximate surface area is 194 Å². The van der Waals surface area contributed by atoms with E-state index in [0.29, 0.717) is 12.8 Å². The molecule has 0 radical (unpaired) electrons. The number of carbonyl (C=O) groups excluding carboxylic acids is 1. The van der Waals surface area contributed by atoms with Gasteiger partial charge < -0.3 is 4.90 Å². The van der Waals surface area contributed by atoms with Crippen molar-refractivity contribution in [2.45, 2.75) is 36.6 Å². The Morgan fingerprint density at radius 1 is 1.03 bits per heavy atom. The van der Waals surface area contributed by atoms with Crippen LogP contribution < -0.4 is 10.0 Å². The van der Waals surface area contributed by atoms with E-state index in [4.69, 9.17) is 5.14 Å². The molecule has 2 heterocycles. The molecule has 0 spiro atoms. The molecule has 2 N–H and O–H groups in total. The Bertz CT molecular complexity index is 1400. The molecular weight excluding hydrogens is 467 g/mol. The summed E-state index contributed by atoms with van der Waals surface area (Å²) in [5, 5.41) is 5.08. The van der Waals surface area contributed by atoms with Gasteiger partial charge in [-0.15, -0.1) is 0 Å². The first kappa shape index (κ1) is 22.5. The molecular formula is C24H20F3N3O3S. The standard InChI is InChI=1S/C24H20F3N3O3S/c25-18-10-16-11-21(23(26)27)30(20(16)12-22(18)34(28,32)33)24(31)17-7-13-4-5-14(8-15(13)9-17)19-3-1-2-6-29-19/h1-6,8,10,12,17,21,23H,7,9,11H2,(H2,28,32,33)/t17-,21+/m1/s1. The van der Waals surface area contributed by atoms with Gasteiger partial charge in [-0.1, -0.05) is 18.2 Å². The number of alkyl halides is 2. The van der Waals surface area contributed by atoms with Gasteiger partial charge in [-0.2, -0.15) is 0 Å². The lowest BCUT2D eigenvalue weighted by molar-refractivity contribution is -0.123. The molecule has 10 heteroatoms. The molecule has 0 saturated heterocycles. The summed E-state index contributed by atoms with van der Waals surface area (Å²) in [4.78, 5) is 17.9. The number of rotatable bonds is 4. The van der Waals surface area contributed by atoms with Crippen molar-refractivity contribution in [3.8, 4) is 11.3 Å². The van der Waals surface area contributed by atoms with Crippen LogP contribution in [-0.4, -0.2) is 31.8 Å². The van der Waals surface area contributed by atoms with Crippen molar-refractivity contribution < 1.29 is 26.4 Å². The van der Waals surface area contributed by atoms with Crippen LogP contribution in [-0.2, 0) is 34.1 Å². The van der Waals surface area contributed by atoms with Gasteiger partial charge in [0, 0.05) is 29.8 Å². The third-order valence-corrected chi connectivity index (χ3v) is 7.36. The minimum absolute atomic E-state index is 0.0362. The minimum atomic E-state index is -4.44. The first-order chi connectivity index (χ1) is 16.1. The number of nitrogens with two attached hydrogens (primary N) is 1. The van der Waals surface area contributed by atoms with Gasteiger partial charge in [-0.25, -0.2) is 26.7 Å². The lowest BCUT2D eigenvalue weighted by Crippen LogP contribution is -2.45. The molecule has 1 aromatic heterocycles. The number of aromatic nitrogens is 1. The smallest absolute Gasteiger partial charge is 0.259 e. The third-order valence-electron chi connectivity index (χ3n) is 6.44. The molecule has 0 fully saturated rings. The van der Waals surface area contributed by atoms with E-state index in [0.717, 1.165) is 39.4 Å². The summed E-state index contributed by atoms with van der Waals surface area (Å²) in [5.41, 5.74) is 3.65. The first-order valence-electron chi connectivity index (χ1n) is 10.6. The summed E-state index contributed by atoms with van der Waals surface area (Å²) >= 11 is 0. The predicted octanol–water partition coefficient (Wildman–Crippen LogP) is 3.47. The number of anilines is 1. The van der Waals surface area contributed by atoms with Crippen molar-refractivity contribution in [2.75, 3.05) is 4.90 Å². The molecule has 6 nitrogen and oxygen atoms in total. The van der Waals surface area contributed by atoms with E-state index in [1.165, 1.54) is 0 Å². The van der Waals surface area contributed by atoms with Crippen LogP contribution in [0.5, 0.6) is 0 Å². The Balaban J connectivity index is 1.48. The van der Waals surface area contributed by atoms with Crippen molar-refractivity contribution in [1.29, 1.82) is 0 Å². The molecule has 5 rings (SSSR count). The Hall–Kier alpha value is -3.24. The molecule has 1 aliphatic carbocycles. The summed E-state index contributed by atoms with van der Waals surface area (Å²) in [6.07, 6.45) is -0.772. The largest absolute Gasteiger partial charge is 0.303 e. The molecule has 2 aliphatic rings. The maximum Gasteiger partial charge on any atom is 0.259 e. The zero-order valence-electron chi connectivity index (χ0n) is 17.8. The number of benzene rings is 2. The number of pyridine rings is 1. The zero-order chi connectivity index (χ0) is 24.2. The number of halogens is 3. The average Bonchev–Trinajstić information content (AvgIpc) is 3.38. The van der Waals surface area contributed by atoms with Gasteiger partial charge >= 0.3 is 0 Å². The van der Waals surface area contributed by atoms with Crippen LogP contribution in [0.2, 0.25) is 0 Å². The quantitative estimate of drug-likeness (QED) is 0.610. The number of carbonyl (C=O) groups is 1. The van der Waals surface area contributed by atoms with Crippen LogP contribution >= 0.6 is 0 Å². The van der Waals surface area contributed by atoms with Gasteiger partial charge in [0.15, 0.2) is 0 Å². The SMILES string of the molecule is NS(=O)(=O)c1cc2c(cc1F)C[C@@H](C(F)F)N2C(=O)[C@@H]1Cc2ccc(-c3ccccn3)cc2C1. The van der Waals surface area contributed by atoms with Gasteiger partial charge in [-0.3, -0.25) is 9.78 Å². The predicted molar refractivity (Wildman–Crippen MR) is 119 cm³/mol. The summed E-state index contributed by atoms with van der Waals surface area (Å²) in [7, 11) is -4.44. The van der Waals surface area contributed by atoms with Crippen molar-refractivity contribution in [1.82, 2.24) is 4.98 Å². The Morgan fingerprint density at radius 3 is 2.47 bits per heavy atom. The average molecular weight is 488 g/mol. The van der Waals surface area contributed by atoms with E-state index in [1.807, 2.05) is 36.4 Å². The number of hydrogen-bond donors (Lipinski definition) is 1. The number of hydrogen-bond acceptors (Lipinski definition) is 4. The highest BCUT2D eigenvalue weighted by Gasteiger charge is 2.43. The van der Waals surface area contributed by atoms with Crippen LogP contribution in [0.3, 0.4) is 0 Å². The Morgan fingerprint density at radius 2 is 1.79 bits per heavy atom. The fraction of sp³-hybridized carbons (Fsp3) is 0.250. The van der Waals surface area contributed by atoms with Crippen LogP contribution in [0.1, 0.15) is 16.7 Å². The highest BCUT2D eigenvalue weighted by molar-refractivity contribution is 7.89. The highest BCUT2D eigenvalue weighted by atomic mass is 32.2. The minimum Gasteiger partial charge on any atom is -0.303 e. The lowest BCUT2D eigenvalue weighted by Gasteiger charge is -2.28. The van der Waals surface area contributed by atoms with Gasteiger partial charge in [-0.05, 0) is 59.9 Å². The third kappa shape index (κ3) is 3.86. The maximum atomic E-state index is 14.3. The second-order valence-electron chi connectivity index (χ2n) is 8.57. The lowest BCUT2D eigenvalue weighted by atomic mass is 10.0. The van der Waals surface area contributed by atoms with Crippen molar-refractivity contribution in [3.05, 3.63) is 77.2 Å². The van der Waals surface area contributed by atoms with E-state index in [-0.39, 0.29) is 17.7 Å². The van der Waals surface area contributed by atoms with Gasteiger partial charge in [0.2, 0.25) is 15.9 Å². The molecule has 34 heavy (non-hydrogen) atoms. The van der Waals surface area contributed by atoms with Gasteiger partial charge in [0.1, 0.15) is 16.8 Å². The van der Waals surface area contributed by atoms with Crippen LogP contribution in [0.4, 0.5) is 18.9 Å².